The minimum absolute atomic E-state index is 0.0324. The van der Waals surface area contributed by atoms with Gasteiger partial charge in [-0.3, -0.25) is 0 Å². The molecule has 0 saturated carbocycles. The summed E-state index contributed by atoms with van der Waals surface area (Å²) >= 11 is 0. The molecule has 0 aliphatic rings. The van der Waals surface area contributed by atoms with E-state index in [0.29, 0.717) is 5.92 Å². The number of hydrogen-bond donors (Lipinski definition) is 1. The number of hydrogen-bond acceptors (Lipinski definition) is 2. The van der Waals surface area contributed by atoms with Gasteiger partial charge in [-0.15, -0.1) is 0 Å². The number of nitriles is 1. The van der Waals surface area contributed by atoms with E-state index in [4.69, 9.17) is 5.26 Å². The fourth-order valence-corrected chi connectivity index (χ4v) is 0.926. The van der Waals surface area contributed by atoms with Gasteiger partial charge in [-0.25, -0.2) is 0 Å². The minimum atomic E-state index is -0.0324. The second-order valence-corrected chi connectivity index (χ2v) is 4.05. The number of nitrogens with one attached hydrogen (secondary N) is 1. The molecule has 1 N–H and O–H groups in total. The Hall–Kier alpha value is -0.550. The third-order valence-corrected chi connectivity index (χ3v) is 2.32. The predicted molar refractivity (Wildman–Crippen MR) is 47.1 cm³/mol. The molecule has 0 aromatic rings. The summed E-state index contributed by atoms with van der Waals surface area (Å²) in [6, 6.07) is 2.21. The van der Waals surface area contributed by atoms with Gasteiger partial charge in [-0.1, -0.05) is 27.7 Å². The fourth-order valence-electron chi connectivity index (χ4n) is 0.926. The number of rotatable bonds is 2. The maximum Gasteiger partial charge on any atom is 0.0981 e. The van der Waals surface area contributed by atoms with Crippen LogP contribution in [0, 0.1) is 22.7 Å². The first kappa shape index (κ1) is 10.4. The highest BCUT2D eigenvalue weighted by atomic mass is 14.9. The van der Waals surface area contributed by atoms with Crippen LogP contribution in [0.5, 0.6) is 0 Å². The van der Waals surface area contributed by atoms with E-state index in [0.717, 1.165) is 0 Å². The molecule has 11 heavy (non-hydrogen) atoms. The van der Waals surface area contributed by atoms with Gasteiger partial charge >= 0.3 is 0 Å². The first-order chi connectivity index (χ1) is 4.93. The van der Waals surface area contributed by atoms with Crippen LogP contribution in [-0.2, 0) is 0 Å². The SMILES string of the molecule is CNC(C#N)C(C)C(C)(C)C. The van der Waals surface area contributed by atoms with Crippen molar-refractivity contribution < 1.29 is 0 Å². The van der Waals surface area contributed by atoms with Gasteiger partial charge in [-0.2, -0.15) is 5.26 Å². The van der Waals surface area contributed by atoms with Crippen molar-refractivity contribution in [3.8, 4) is 6.07 Å². The third kappa shape index (κ3) is 2.90. The lowest BCUT2D eigenvalue weighted by molar-refractivity contribution is 0.229. The molecule has 0 saturated heterocycles. The van der Waals surface area contributed by atoms with E-state index in [2.05, 4.69) is 39.1 Å². The van der Waals surface area contributed by atoms with Crippen molar-refractivity contribution in [1.29, 1.82) is 5.26 Å². The van der Waals surface area contributed by atoms with E-state index in [1.165, 1.54) is 0 Å². The van der Waals surface area contributed by atoms with Crippen molar-refractivity contribution >= 4 is 0 Å². The smallest absolute Gasteiger partial charge is 0.0981 e. The molecule has 0 rings (SSSR count). The summed E-state index contributed by atoms with van der Waals surface area (Å²) in [6.07, 6.45) is 0. The molecule has 2 nitrogen and oxygen atoms in total. The zero-order valence-corrected chi connectivity index (χ0v) is 8.10. The second kappa shape index (κ2) is 3.73. The summed E-state index contributed by atoms with van der Waals surface area (Å²) in [5.41, 5.74) is 0.198. The highest BCUT2D eigenvalue weighted by molar-refractivity contribution is 4.96. The summed E-state index contributed by atoms with van der Waals surface area (Å²) in [4.78, 5) is 0. The Morgan fingerprint density at radius 3 is 1.91 bits per heavy atom. The Kier molecular flexibility index (Phi) is 3.54. The molecule has 2 heteroatoms. The Morgan fingerprint density at radius 1 is 1.36 bits per heavy atom. The second-order valence-electron chi connectivity index (χ2n) is 4.05. The summed E-state index contributed by atoms with van der Waals surface area (Å²) in [5.74, 6) is 0.373. The van der Waals surface area contributed by atoms with Crippen LogP contribution in [0.4, 0.5) is 0 Å². The molecule has 0 amide bonds. The largest absolute Gasteiger partial charge is 0.305 e. The van der Waals surface area contributed by atoms with Crippen molar-refractivity contribution in [1.82, 2.24) is 5.32 Å². The van der Waals surface area contributed by atoms with Crippen LogP contribution < -0.4 is 5.32 Å². The zero-order chi connectivity index (χ0) is 9.07. The van der Waals surface area contributed by atoms with Crippen molar-refractivity contribution in [2.75, 3.05) is 7.05 Å². The van der Waals surface area contributed by atoms with Gasteiger partial charge in [-0.05, 0) is 18.4 Å². The molecule has 0 fully saturated rings. The Morgan fingerprint density at radius 2 is 1.82 bits per heavy atom. The molecule has 0 radical (unpaired) electrons. The topological polar surface area (TPSA) is 35.8 Å². The highest BCUT2D eigenvalue weighted by Crippen LogP contribution is 2.27. The van der Waals surface area contributed by atoms with Crippen LogP contribution in [0.1, 0.15) is 27.7 Å². The fraction of sp³-hybridized carbons (Fsp3) is 0.889. The van der Waals surface area contributed by atoms with Crippen LogP contribution in [0.15, 0.2) is 0 Å². The van der Waals surface area contributed by atoms with Crippen molar-refractivity contribution in [3.63, 3.8) is 0 Å². The van der Waals surface area contributed by atoms with Gasteiger partial charge < -0.3 is 5.32 Å². The molecular formula is C9H18N2. The lowest BCUT2D eigenvalue weighted by Gasteiger charge is -2.30. The average molecular weight is 154 g/mol. The summed E-state index contributed by atoms with van der Waals surface area (Å²) < 4.78 is 0. The molecule has 64 valence electrons. The monoisotopic (exact) mass is 154 g/mol. The standard InChI is InChI=1S/C9H18N2/c1-7(9(2,3)4)8(6-10)11-5/h7-8,11H,1-5H3. The molecule has 2 atom stereocenters. The summed E-state index contributed by atoms with van der Waals surface area (Å²) in [7, 11) is 1.83. The average Bonchev–Trinajstić information content (AvgIpc) is 1.88. The van der Waals surface area contributed by atoms with Gasteiger partial charge in [0.25, 0.3) is 0 Å². The van der Waals surface area contributed by atoms with E-state index in [-0.39, 0.29) is 11.5 Å². The van der Waals surface area contributed by atoms with E-state index in [9.17, 15) is 0 Å². The van der Waals surface area contributed by atoms with E-state index in [1.54, 1.807) is 0 Å². The lowest BCUT2D eigenvalue weighted by atomic mass is 9.78. The van der Waals surface area contributed by atoms with Gasteiger partial charge in [0.05, 0.1) is 12.1 Å². The first-order valence-electron chi connectivity index (χ1n) is 4.00. The molecule has 0 aliphatic heterocycles. The van der Waals surface area contributed by atoms with E-state index in [1.807, 2.05) is 7.05 Å². The number of nitrogens with zero attached hydrogens (tertiary/aromatic N) is 1. The molecule has 0 aromatic carbocycles. The third-order valence-electron chi connectivity index (χ3n) is 2.32. The zero-order valence-electron chi connectivity index (χ0n) is 8.10. The van der Waals surface area contributed by atoms with Gasteiger partial charge in [0.15, 0.2) is 0 Å². The highest BCUT2D eigenvalue weighted by Gasteiger charge is 2.26. The normalized spacial score (nSPS) is 17.1. The quantitative estimate of drug-likeness (QED) is 0.658. The van der Waals surface area contributed by atoms with Crippen molar-refractivity contribution in [3.05, 3.63) is 0 Å². The van der Waals surface area contributed by atoms with E-state index < -0.39 is 0 Å². The minimum Gasteiger partial charge on any atom is -0.305 e. The maximum atomic E-state index is 8.75. The Bertz CT molecular complexity index is 150. The van der Waals surface area contributed by atoms with Gasteiger partial charge in [0.1, 0.15) is 0 Å². The molecule has 0 bridgehead atoms. The van der Waals surface area contributed by atoms with Crippen LogP contribution in [0.2, 0.25) is 0 Å². The van der Waals surface area contributed by atoms with E-state index >= 15 is 0 Å². The molecule has 0 heterocycles. The molecule has 0 aromatic heterocycles. The summed E-state index contributed by atoms with van der Waals surface area (Å²) in [6.45, 7) is 8.56. The van der Waals surface area contributed by atoms with Crippen LogP contribution in [0.3, 0.4) is 0 Å². The van der Waals surface area contributed by atoms with Gasteiger partial charge in [0, 0.05) is 0 Å². The van der Waals surface area contributed by atoms with Crippen molar-refractivity contribution in [2.45, 2.75) is 33.7 Å². The maximum absolute atomic E-state index is 8.75. The lowest BCUT2D eigenvalue weighted by Crippen LogP contribution is -2.37. The predicted octanol–water partition coefficient (Wildman–Crippen LogP) is 1.78. The Balaban J connectivity index is 4.24. The van der Waals surface area contributed by atoms with Crippen molar-refractivity contribution in [2.24, 2.45) is 11.3 Å². The van der Waals surface area contributed by atoms with Crippen LogP contribution in [0.25, 0.3) is 0 Å². The molecule has 0 spiro atoms. The van der Waals surface area contributed by atoms with Crippen LogP contribution >= 0.6 is 0 Å². The molecular weight excluding hydrogens is 136 g/mol. The molecule has 0 aliphatic carbocycles. The Labute approximate surface area is 69.6 Å². The summed E-state index contributed by atoms with van der Waals surface area (Å²) in [5, 5.41) is 11.7. The van der Waals surface area contributed by atoms with Gasteiger partial charge in [0.2, 0.25) is 0 Å². The molecule has 2 unspecified atom stereocenters. The first-order valence-corrected chi connectivity index (χ1v) is 4.00. The van der Waals surface area contributed by atoms with Crippen LogP contribution in [-0.4, -0.2) is 13.1 Å².